The fourth-order valence-electron chi connectivity index (χ4n) is 2.22. The second-order valence-corrected chi connectivity index (χ2v) is 6.32. The van der Waals surface area contributed by atoms with Gasteiger partial charge in [-0.25, -0.2) is 0 Å². The van der Waals surface area contributed by atoms with Gasteiger partial charge in [-0.3, -0.25) is 25.0 Å². The zero-order valence-corrected chi connectivity index (χ0v) is 14.8. The highest BCUT2D eigenvalue weighted by Crippen LogP contribution is 2.25. The van der Waals surface area contributed by atoms with Crippen LogP contribution < -0.4 is 10.9 Å². The van der Waals surface area contributed by atoms with E-state index in [2.05, 4.69) is 21.0 Å². The topological polar surface area (TPSA) is 102 Å². The van der Waals surface area contributed by atoms with Crippen LogP contribution in [0.1, 0.15) is 12.5 Å². The monoisotopic (exact) mass is 371 g/mol. The predicted molar refractivity (Wildman–Crippen MR) is 96.0 cm³/mol. The molecular weight excluding hydrogens is 354 g/mol. The van der Waals surface area contributed by atoms with Crippen molar-refractivity contribution in [3.8, 4) is 11.6 Å². The molecule has 2 heterocycles. The van der Waals surface area contributed by atoms with E-state index in [1.54, 1.807) is 12.3 Å². The van der Waals surface area contributed by atoms with Crippen molar-refractivity contribution in [3.05, 3.63) is 54.3 Å². The molecule has 8 nitrogen and oxygen atoms in total. The van der Waals surface area contributed by atoms with Crippen molar-refractivity contribution in [2.45, 2.75) is 18.6 Å². The summed E-state index contributed by atoms with van der Waals surface area (Å²) in [6, 6.07) is 13.5. The average molecular weight is 371 g/mol. The van der Waals surface area contributed by atoms with Crippen molar-refractivity contribution in [2.75, 3.05) is 5.75 Å². The summed E-state index contributed by atoms with van der Waals surface area (Å²) in [6.07, 6.45) is 1.57. The van der Waals surface area contributed by atoms with Gasteiger partial charge in [0.05, 0.1) is 18.6 Å². The summed E-state index contributed by atoms with van der Waals surface area (Å²) >= 11 is 1.23. The molecule has 0 unspecified atom stereocenters. The molecule has 2 amide bonds. The minimum Gasteiger partial charge on any atom is -0.461 e. The average Bonchev–Trinajstić information content (AvgIpc) is 3.29. The molecule has 9 heteroatoms. The normalized spacial score (nSPS) is 10.5. The van der Waals surface area contributed by atoms with Crippen molar-refractivity contribution in [1.29, 1.82) is 0 Å². The van der Waals surface area contributed by atoms with E-state index in [0.29, 0.717) is 23.3 Å². The van der Waals surface area contributed by atoms with Crippen LogP contribution in [0, 0.1) is 0 Å². The van der Waals surface area contributed by atoms with Crippen LogP contribution in [0.4, 0.5) is 0 Å². The van der Waals surface area contributed by atoms with Gasteiger partial charge < -0.3 is 4.42 Å². The van der Waals surface area contributed by atoms with E-state index < -0.39 is 0 Å². The van der Waals surface area contributed by atoms with Gasteiger partial charge in [-0.15, -0.1) is 10.2 Å². The van der Waals surface area contributed by atoms with Gasteiger partial charge in [-0.1, -0.05) is 42.1 Å². The number of aromatic nitrogens is 3. The van der Waals surface area contributed by atoms with Crippen LogP contribution in [0.3, 0.4) is 0 Å². The number of nitrogens with one attached hydrogen (secondary N) is 2. The Labute approximate surface area is 154 Å². The molecule has 0 fully saturated rings. The zero-order chi connectivity index (χ0) is 18.4. The Bertz CT molecular complexity index is 877. The summed E-state index contributed by atoms with van der Waals surface area (Å²) in [7, 11) is 0. The summed E-state index contributed by atoms with van der Waals surface area (Å²) in [5.74, 6) is 0.604. The molecule has 2 aromatic heterocycles. The fraction of sp³-hybridized carbons (Fsp3) is 0.176. The predicted octanol–water partition coefficient (Wildman–Crippen LogP) is 1.85. The minimum atomic E-state index is -0.337. The van der Waals surface area contributed by atoms with Gasteiger partial charge in [0.25, 0.3) is 0 Å². The number of rotatable bonds is 6. The van der Waals surface area contributed by atoms with E-state index in [-0.39, 0.29) is 17.6 Å². The summed E-state index contributed by atoms with van der Waals surface area (Å²) in [6.45, 7) is 1.86. The third-order valence-corrected chi connectivity index (χ3v) is 4.32. The van der Waals surface area contributed by atoms with Gasteiger partial charge in [0.15, 0.2) is 10.9 Å². The van der Waals surface area contributed by atoms with E-state index in [4.69, 9.17) is 4.42 Å². The second kappa shape index (κ2) is 8.34. The van der Waals surface area contributed by atoms with Gasteiger partial charge in [0.2, 0.25) is 17.6 Å². The molecule has 0 aliphatic carbocycles. The first-order chi connectivity index (χ1) is 12.6. The van der Waals surface area contributed by atoms with Crippen molar-refractivity contribution < 1.29 is 14.0 Å². The Morgan fingerprint density at radius 1 is 1.12 bits per heavy atom. The Morgan fingerprint density at radius 3 is 2.62 bits per heavy atom. The van der Waals surface area contributed by atoms with Crippen molar-refractivity contribution in [3.63, 3.8) is 0 Å². The number of amides is 2. The van der Waals surface area contributed by atoms with Crippen LogP contribution in [0.15, 0.2) is 58.3 Å². The second-order valence-electron chi connectivity index (χ2n) is 5.37. The van der Waals surface area contributed by atoms with Crippen LogP contribution in [-0.4, -0.2) is 32.3 Å². The Balaban J connectivity index is 1.78. The largest absolute Gasteiger partial charge is 0.461 e. The van der Waals surface area contributed by atoms with E-state index >= 15 is 0 Å². The molecule has 3 rings (SSSR count). The van der Waals surface area contributed by atoms with Gasteiger partial charge in [-0.05, 0) is 17.7 Å². The third-order valence-electron chi connectivity index (χ3n) is 3.35. The summed E-state index contributed by atoms with van der Waals surface area (Å²) in [4.78, 5) is 22.6. The first-order valence-corrected chi connectivity index (χ1v) is 8.81. The lowest BCUT2D eigenvalue weighted by Crippen LogP contribution is -2.41. The molecule has 0 aliphatic rings. The van der Waals surface area contributed by atoms with Crippen LogP contribution >= 0.6 is 11.8 Å². The number of carbonyl (C=O) groups excluding carboxylic acids is 2. The molecule has 0 saturated heterocycles. The Kier molecular flexibility index (Phi) is 5.69. The number of hydrogen-bond acceptors (Lipinski definition) is 6. The van der Waals surface area contributed by atoms with Crippen LogP contribution in [0.5, 0.6) is 0 Å². The molecule has 26 heavy (non-hydrogen) atoms. The molecule has 0 saturated carbocycles. The van der Waals surface area contributed by atoms with E-state index in [1.165, 1.54) is 18.7 Å². The zero-order valence-electron chi connectivity index (χ0n) is 14.0. The molecule has 1 aromatic carbocycles. The molecule has 0 spiro atoms. The molecular formula is C17H17N5O3S. The highest BCUT2D eigenvalue weighted by Gasteiger charge is 2.17. The highest BCUT2D eigenvalue weighted by molar-refractivity contribution is 7.99. The Morgan fingerprint density at radius 2 is 1.92 bits per heavy atom. The molecule has 0 bridgehead atoms. The lowest BCUT2D eigenvalue weighted by Gasteiger charge is -2.09. The van der Waals surface area contributed by atoms with Crippen molar-refractivity contribution >= 4 is 23.6 Å². The number of hydrogen-bond donors (Lipinski definition) is 2. The summed E-state index contributed by atoms with van der Waals surface area (Å²) in [5.41, 5.74) is 5.65. The van der Waals surface area contributed by atoms with Crippen LogP contribution in [0.2, 0.25) is 0 Å². The lowest BCUT2D eigenvalue weighted by molar-refractivity contribution is -0.126. The number of carbonyl (C=O) groups is 2. The number of hydrazine groups is 1. The number of nitrogens with zero attached hydrogens (tertiary/aromatic N) is 3. The van der Waals surface area contributed by atoms with Crippen LogP contribution in [-0.2, 0) is 16.1 Å². The van der Waals surface area contributed by atoms with Gasteiger partial charge in [0.1, 0.15) is 0 Å². The number of furan rings is 1. The molecule has 0 atom stereocenters. The first-order valence-electron chi connectivity index (χ1n) is 7.82. The first kappa shape index (κ1) is 17.7. The standard InChI is InChI=1S/C17H17N5O3S/c1-12(23)18-19-15(24)11-26-17-21-20-16(14-8-5-9-25-14)22(17)10-13-6-3-2-4-7-13/h2-9H,10-11H2,1H3,(H,18,23)(H,19,24). The van der Waals surface area contributed by atoms with E-state index in [1.807, 2.05) is 41.0 Å². The maximum atomic E-state index is 11.8. The summed E-state index contributed by atoms with van der Waals surface area (Å²) < 4.78 is 7.34. The van der Waals surface area contributed by atoms with Crippen molar-refractivity contribution in [2.24, 2.45) is 0 Å². The maximum Gasteiger partial charge on any atom is 0.248 e. The molecule has 0 radical (unpaired) electrons. The maximum absolute atomic E-state index is 11.8. The minimum absolute atomic E-state index is 0.0886. The smallest absolute Gasteiger partial charge is 0.248 e. The highest BCUT2D eigenvalue weighted by atomic mass is 32.2. The van der Waals surface area contributed by atoms with Crippen LogP contribution in [0.25, 0.3) is 11.6 Å². The van der Waals surface area contributed by atoms with Crippen molar-refractivity contribution in [1.82, 2.24) is 25.6 Å². The number of benzene rings is 1. The van der Waals surface area contributed by atoms with Gasteiger partial charge in [0, 0.05) is 6.92 Å². The lowest BCUT2D eigenvalue weighted by atomic mass is 10.2. The van der Waals surface area contributed by atoms with Gasteiger partial charge in [-0.2, -0.15) is 0 Å². The fourth-order valence-corrected chi connectivity index (χ4v) is 2.95. The molecule has 134 valence electrons. The third kappa shape index (κ3) is 4.51. The van der Waals surface area contributed by atoms with Gasteiger partial charge >= 0.3 is 0 Å². The molecule has 3 aromatic rings. The number of thioether (sulfide) groups is 1. The van der Waals surface area contributed by atoms with E-state index in [9.17, 15) is 9.59 Å². The molecule has 0 aliphatic heterocycles. The molecule has 2 N–H and O–H groups in total. The summed E-state index contributed by atoms with van der Waals surface area (Å²) in [5, 5.41) is 8.97. The SMILES string of the molecule is CC(=O)NNC(=O)CSc1nnc(-c2ccco2)n1Cc1ccccc1. The quantitative estimate of drug-likeness (QED) is 0.506. The van der Waals surface area contributed by atoms with E-state index in [0.717, 1.165) is 5.56 Å². The Hall–Kier alpha value is -3.07.